The number of aliphatic hydroxyl groups is 2. The molecule has 0 bridgehead atoms. The molecule has 0 spiro atoms. The third-order valence-corrected chi connectivity index (χ3v) is 4.03. The molecule has 0 radical (unpaired) electrons. The molecule has 23 heavy (non-hydrogen) atoms. The lowest BCUT2D eigenvalue weighted by molar-refractivity contribution is -0.0230. The zero-order chi connectivity index (χ0) is 17.5. The van der Waals surface area contributed by atoms with Gasteiger partial charge in [-0.15, -0.1) is 0 Å². The molecular weight excluding hydrogens is 335 g/mol. The van der Waals surface area contributed by atoms with Gasteiger partial charge in [0.1, 0.15) is 24.4 Å². The third-order valence-electron chi connectivity index (χ3n) is 3.55. The van der Waals surface area contributed by atoms with Crippen molar-refractivity contribution in [3.8, 4) is 0 Å². The standard InChI is InChI=1S/C11H17N2O9P/c1-12-3-5(10(16)13(2)11(12)17)9-8(15)7(14)6(22-9)4-21-23(18,19)20/h3,6-9,14-15H,4H2,1-2H3,(H2,18,19,20)/t6?,7?,8-,9+/m1/s1. The van der Waals surface area contributed by atoms with Crippen LogP contribution in [-0.4, -0.2) is 54.1 Å². The molecule has 4 N–H and O–H groups in total. The number of hydrogen-bond acceptors (Lipinski definition) is 7. The molecule has 2 heterocycles. The van der Waals surface area contributed by atoms with Crippen molar-refractivity contribution in [3.63, 3.8) is 0 Å². The molecule has 1 saturated heterocycles. The highest BCUT2D eigenvalue weighted by Crippen LogP contribution is 2.38. The maximum Gasteiger partial charge on any atom is 0.469 e. The van der Waals surface area contributed by atoms with Gasteiger partial charge in [0, 0.05) is 20.3 Å². The topological polar surface area (TPSA) is 160 Å². The Hall–Kier alpha value is -1.33. The Kier molecular flexibility index (Phi) is 4.92. The van der Waals surface area contributed by atoms with Gasteiger partial charge >= 0.3 is 13.5 Å². The van der Waals surface area contributed by atoms with Crippen LogP contribution >= 0.6 is 7.82 Å². The fraction of sp³-hybridized carbons (Fsp3) is 0.636. The van der Waals surface area contributed by atoms with E-state index >= 15 is 0 Å². The molecule has 0 aliphatic carbocycles. The molecule has 4 atom stereocenters. The quantitative estimate of drug-likeness (QED) is 0.424. The van der Waals surface area contributed by atoms with Crippen LogP contribution in [0.5, 0.6) is 0 Å². The van der Waals surface area contributed by atoms with Gasteiger partial charge in [-0.3, -0.25) is 13.9 Å². The molecule has 12 heteroatoms. The SMILES string of the molecule is Cn1cc([C@@H]2OC(COP(=O)(O)O)C(O)[C@H]2O)c(=O)n(C)c1=O. The first-order chi connectivity index (χ1) is 10.5. The van der Waals surface area contributed by atoms with E-state index in [9.17, 15) is 24.4 Å². The fourth-order valence-corrected chi connectivity index (χ4v) is 2.69. The number of phosphoric acid groups is 1. The summed E-state index contributed by atoms with van der Waals surface area (Å²) in [5.74, 6) is 0. The average molecular weight is 352 g/mol. The van der Waals surface area contributed by atoms with Crippen LogP contribution in [0.15, 0.2) is 15.8 Å². The lowest BCUT2D eigenvalue weighted by atomic mass is 10.0. The second-order valence-corrected chi connectivity index (χ2v) is 6.44. The number of rotatable bonds is 4. The highest BCUT2D eigenvalue weighted by molar-refractivity contribution is 7.46. The first kappa shape index (κ1) is 18.0. The minimum absolute atomic E-state index is 0.0696. The second-order valence-electron chi connectivity index (χ2n) is 5.20. The Balaban J connectivity index is 2.30. The Labute approximate surface area is 129 Å². The molecule has 11 nitrogen and oxygen atoms in total. The summed E-state index contributed by atoms with van der Waals surface area (Å²) in [6, 6.07) is 0. The second kappa shape index (κ2) is 6.29. The average Bonchev–Trinajstić information content (AvgIpc) is 2.74. The predicted molar refractivity (Wildman–Crippen MR) is 74.5 cm³/mol. The zero-order valence-electron chi connectivity index (χ0n) is 12.3. The van der Waals surface area contributed by atoms with Crippen molar-refractivity contribution >= 4 is 7.82 Å². The van der Waals surface area contributed by atoms with Crippen molar-refractivity contribution in [1.82, 2.24) is 9.13 Å². The van der Waals surface area contributed by atoms with Crippen molar-refractivity contribution in [2.24, 2.45) is 14.1 Å². The number of phosphoric ester groups is 1. The largest absolute Gasteiger partial charge is 0.469 e. The molecule has 0 amide bonds. The van der Waals surface area contributed by atoms with Gasteiger partial charge in [0.25, 0.3) is 5.56 Å². The van der Waals surface area contributed by atoms with Crippen LogP contribution in [0.4, 0.5) is 0 Å². The first-order valence-electron chi connectivity index (χ1n) is 6.51. The van der Waals surface area contributed by atoms with Gasteiger partial charge in [0.15, 0.2) is 0 Å². The zero-order valence-corrected chi connectivity index (χ0v) is 13.2. The van der Waals surface area contributed by atoms with E-state index in [0.29, 0.717) is 0 Å². The molecule has 0 saturated carbocycles. The Bertz CT molecular complexity index is 751. The van der Waals surface area contributed by atoms with Crippen molar-refractivity contribution in [1.29, 1.82) is 0 Å². The third kappa shape index (κ3) is 3.61. The summed E-state index contributed by atoms with van der Waals surface area (Å²) in [5, 5.41) is 19.9. The molecule has 1 aliphatic heterocycles. The maximum atomic E-state index is 12.1. The van der Waals surface area contributed by atoms with Gasteiger partial charge in [0.2, 0.25) is 0 Å². The van der Waals surface area contributed by atoms with Crippen LogP contribution < -0.4 is 11.2 Å². The highest BCUT2D eigenvalue weighted by atomic mass is 31.2. The number of nitrogens with zero attached hydrogens (tertiary/aromatic N) is 2. The summed E-state index contributed by atoms with van der Waals surface area (Å²) in [6.07, 6.45) is -4.37. The van der Waals surface area contributed by atoms with Gasteiger partial charge in [-0.1, -0.05) is 0 Å². The van der Waals surface area contributed by atoms with Crippen LogP contribution in [0.3, 0.4) is 0 Å². The van der Waals surface area contributed by atoms with E-state index in [1.165, 1.54) is 20.3 Å². The summed E-state index contributed by atoms with van der Waals surface area (Å²) in [7, 11) is -2.12. The fourth-order valence-electron chi connectivity index (χ4n) is 2.35. The summed E-state index contributed by atoms with van der Waals surface area (Å²) < 4.78 is 22.2. The monoisotopic (exact) mass is 352 g/mol. The molecule has 2 unspecified atom stereocenters. The number of aromatic nitrogens is 2. The molecular formula is C11H17N2O9P. The Morgan fingerprint density at radius 1 is 1.26 bits per heavy atom. The van der Waals surface area contributed by atoms with E-state index in [4.69, 9.17) is 14.5 Å². The number of hydrogen-bond donors (Lipinski definition) is 4. The molecule has 2 rings (SSSR count). The number of aryl methyl sites for hydroxylation is 1. The predicted octanol–water partition coefficient (Wildman–Crippen LogP) is -2.64. The van der Waals surface area contributed by atoms with Crippen LogP contribution in [0, 0.1) is 0 Å². The number of ether oxygens (including phenoxy) is 1. The Morgan fingerprint density at radius 2 is 1.87 bits per heavy atom. The first-order valence-corrected chi connectivity index (χ1v) is 8.04. The van der Waals surface area contributed by atoms with Crippen LogP contribution in [-0.2, 0) is 27.9 Å². The van der Waals surface area contributed by atoms with Gasteiger partial charge in [-0.25, -0.2) is 9.36 Å². The van der Waals surface area contributed by atoms with Gasteiger partial charge in [0.05, 0.1) is 12.2 Å². The molecule has 1 fully saturated rings. The molecule has 1 aliphatic rings. The summed E-state index contributed by atoms with van der Waals surface area (Å²) in [6.45, 7) is -0.676. The smallest absolute Gasteiger partial charge is 0.387 e. The van der Waals surface area contributed by atoms with Crippen molar-refractivity contribution in [3.05, 3.63) is 32.6 Å². The van der Waals surface area contributed by atoms with Crippen LogP contribution in [0.25, 0.3) is 0 Å². The van der Waals surface area contributed by atoms with E-state index in [-0.39, 0.29) is 5.56 Å². The van der Waals surface area contributed by atoms with Crippen LogP contribution in [0.2, 0.25) is 0 Å². The van der Waals surface area contributed by atoms with Gasteiger partial charge in [-0.05, 0) is 0 Å². The maximum absolute atomic E-state index is 12.1. The summed E-state index contributed by atoms with van der Waals surface area (Å²) >= 11 is 0. The van der Waals surface area contributed by atoms with Crippen molar-refractivity contribution in [2.45, 2.75) is 24.4 Å². The van der Waals surface area contributed by atoms with E-state index < -0.39 is 50.1 Å². The van der Waals surface area contributed by atoms with Crippen LogP contribution in [0.1, 0.15) is 11.7 Å². The lowest BCUT2D eigenvalue weighted by Gasteiger charge is -2.16. The van der Waals surface area contributed by atoms with E-state index in [2.05, 4.69) is 4.52 Å². The highest BCUT2D eigenvalue weighted by Gasteiger charge is 2.45. The summed E-state index contributed by atoms with van der Waals surface area (Å²) in [4.78, 5) is 41.1. The molecule has 1 aromatic heterocycles. The van der Waals surface area contributed by atoms with E-state index in [1.54, 1.807) is 0 Å². The summed E-state index contributed by atoms with van der Waals surface area (Å²) in [5.41, 5.74) is -1.35. The van der Waals surface area contributed by atoms with E-state index in [0.717, 1.165) is 9.13 Å². The minimum atomic E-state index is -4.77. The van der Waals surface area contributed by atoms with E-state index in [1.807, 2.05) is 0 Å². The minimum Gasteiger partial charge on any atom is -0.387 e. The number of aliphatic hydroxyl groups excluding tert-OH is 2. The van der Waals surface area contributed by atoms with Crippen molar-refractivity contribution < 1.29 is 33.8 Å². The normalized spacial score (nSPS) is 28.3. The van der Waals surface area contributed by atoms with Gasteiger partial charge in [-0.2, -0.15) is 0 Å². The molecule has 1 aromatic rings. The Morgan fingerprint density at radius 3 is 2.43 bits per heavy atom. The van der Waals surface area contributed by atoms with Crippen molar-refractivity contribution in [2.75, 3.05) is 6.61 Å². The lowest BCUT2D eigenvalue weighted by Crippen LogP contribution is -2.40. The molecule has 130 valence electrons. The molecule has 0 aromatic carbocycles. The van der Waals surface area contributed by atoms with Gasteiger partial charge < -0.3 is 29.3 Å².